The average molecular weight is 315 g/mol. The molecule has 1 aromatic heterocycles. The molecule has 0 fully saturated rings. The third-order valence-electron chi connectivity index (χ3n) is 4.18. The van der Waals surface area contributed by atoms with Gasteiger partial charge in [-0.1, -0.05) is 42.5 Å². The molecule has 116 valence electrons. The lowest BCUT2D eigenvalue weighted by atomic mass is 9.99. The van der Waals surface area contributed by atoms with Crippen LogP contribution in [0.2, 0.25) is 0 Å². The van der Waals surface area contributed by atoms with Gasteiger partial charge in [-0.2, -0.15) is 0 Å². The number of Topliss-reactive ketones (excluding diaryl/α,β-unsaturated/α-hetero) is 1. The summed E-state index contributed by atoms with van der Waals surface area (Å²) in [5.74, 6) is -0.413. The van der Waals surface area contributed by atoms with E-state index in [-0.39, 0.29) is 18.0 Å². The summed E-state index contributed by atoms with van der Waals surface area (Å²) in [5.41, 5.74) is 2.12. The van der Waals surface area contributed by atoms with Crippen LogP contribution in [0.15, 0.2) is 72.8 Å². The number of benzene rings is 3. The highest BCUT2D eigenvalue weighted by Gasteiger charge is 2.13. The minimum absolute atomic E-state index is 0.0667. The van der Waals surface area contributed by atoms with Crippen molar-refractivity contribution in [2.45, 2.75) is 6.42 Å². The van der Waals surface area contributed by atoms with Crippen LogP contribution in [0.25, 0.3) is 21.7 Å². The molecule has 1 heterocycles. The topological polar surface area (TPSA) is 30.0 Å². The van der Waals surface area contributed by atoms with Crippen LogP contribution in [0.4, 0.5) is 4.39 Å². The monoisotopic (exact) mass is 315 g/mol. The molecule has 0 amide bonds. The van der Waals surface area contributed by atoms with E-state index in [2.05, 4.69) is 0 Å². The summed E-state index contributed by atoms with van der Waals surface area (Å²) in [4.78, 5) is 17.2. The fourth-order valence-electron chi connectivity index (χ4n) is 3.00. The van der Waals surface area contributed by atoms with Gasteiger partial charge in [0.2, 0.25) is 0 Å². The van der Waals surface area contributed by atoms with Crippen LogP contribution >= 0.6 is 0 Å². The molecule has 0 aliphatic rings. The Balaban J connectivity index is 1.83. The quantitative estimate of drug-likeness (QED) is 0.395. The number of rotatable bonds is 3. The third-order valence-corrected chi connectivity index (χ3v) is 4.18. The molecule has 0 atom stereocenters. The van der Waals surface area contributed by atoms with Gasteiger partial charge in [-0.3, -0.25) is 9.78 Å². The van der Waals surface area contributed by atoms with Crippen molar-refractivity contribution in [2.24, 2.45) is 0 Å². The van der Waals surface area contributed by atoms with E-state index in [0.717, 1.165) is 27.4 Å². The molecule has 4 rings (SSSR count). The molecule has 0 saturated heterocycles. The lowest BCUT2D eigenvalue weighted by Crippen LogP contribution is -2.06. The molecule has 2 nitrogen and oxygen atoms in total. The van der Waals surface area contributed by atoms with Crippen molar-refractivity contribution in [3.63, 3.8) is 0 Å². The number of para-hydroxylation sites is 1. The van der Waals surface area contributed by atoms with E-state index >= 15 is 0 Å². The van der Waals surface area contributed by atoms with Gasteiger partial charge in [-0.15, -0.1) is 0 Å². The van der Waals surface area contributed by atoms with Crippen LogP contribution in [0, 0.1) is 5.82 Å². The number of ketones is 1. The van der Waals surface area contributed by atoms with Gasteiger partial charge in [-0.25, -0.2) is 4.39 Å². The Labute approximate surface area is 138 Å². The normalized spacial score (nSPS) is 11.0. The van der Waals surface area contributed by atoms with Crippen molar-refractivity contribution in [3.8, 4) is 0 Å². The van der Waals surface area contributed by atoms with Crippen LogP contribution in [-0.2, 0) is 6.42 Å². The first-order valence-corrected chi connectivity index (χ1v) is 7.77. The Morgan fingerprint density at radius 3 is 2.17 bits per heavy atom. The van der Waals surface area contributed by atoms with Crippen LogP contribution in [0.5, 0.6) is 0 Å². The summed E-state index contributed by atoms with van der Waals surface area (Å²) in [6.07, 6.45) is 0.191. The Bertz CT molecular complexity index is 1050. The van der Waals surface area contributed by atoms with E-state index in [1.807, 2.05) is 48.5 Å². The van der Waals surface area contributed by atoms with Gasteiger partial charge in [0.25, 0.3) is 0 Å². The number of hydrogen-bond donors (Lipinski definition) is 0. The summed E-state index contributed by atoms with van der Waals surface area (Å²) in [5, 5.41) is 3.14. The Kier molecular flexibility index (Phi) is 3.54. The van der Waals surface area contributed by atoms with Gasteiger partial charge in [0, 0.05) is 16.3 Å². The van der Waals surface area contributed by atoms with Gasteiger partial charge in [0.15, 0.2) is 5.78 Å². The summed E-state index contributed by atoms with van der Waals surface area (Å²) in [7, 11) is 0. The van der Waals surface area contributed by atoms with Gasteiger partial charge in [-0.05, 0) is 35.7 Å². The van der Waals surface area contributed by atoms with E-state index in [0.29, 0.717) is 5.56 Å². The number of hydrogen-bond acceptors (Lipinski definition) is 2. The van der Waals surface area contributed by atoms with Crippen molar-refractivity contribution in [2.75, 3.05) is 0 Å². The molecule has 0 radical (unpaired) electrons. The summed E-state index contributed by atoms with van der Waals surface area (Å²) >= 11 is 0. The van der Waals surface area contributed by atoms with E-state index in [1.54, 1.807) is 0 Å². The minimum Gasteiger partial charge on any atom is -0.294 e. The SMILES string of the molecule is O=C(Cc1nc2ccccc2c2ccccc12)c1ccc(F)cc1. The van der Waals surface area contributed by atoms with E-state index in [1.165, 1.54) is 24.3 Å². The number of fused-ring (bicyclic) bond motifs is 3. The van der Waals surface area contributed by atoms with Gasteiger partial charge in [0.1, 0.15) is 5.82 Å². The molecular formula is C21H14FNO. The summed E-state index contributed by atoms with van der Waals surface area (Å²) in [6.45, 7) is 0. The first kappa shape index (κ1) is 14.5. The predicted molar refractivity (Wildman–Crippen MR) is 93.7 cm³/mol. The lowest BCUT2D eigenvalue weighted by Gasteiger charge is -2.09. The number of carbonyl (C=O) groups is 1. The molecule has 3 aromatic carbocycles. The second-order valence-electron chi connectivity index (χ2n) is 5.73. The highest BCUT2D eigenvalue weighted by Crippen LogP contribution is 2.27. The summed E-state index contributed by atoms with van der Waals surface area (Å²) in [6, 6.07) is 21.5. The van der Waals surface area contributed by atoms with Crippen LogP contribution < -0.4 is 0 Å². The van der Waals surface area contributed by atoms with Crippen LogP contribution in [-0.4, -0.2) is 10.8 Å². The molecule has 0 N–H and O–H groups in total. The lowest BCUT2D eigenvalue weighted by molar-refractivity contribution is 0.0992. The molecule has 0 bridgehead atoms. The third kappa shape index (κ3) is 2.54. The number of pyridine rings is 1. The van der Waals surface area contributed by atoms with Gasteiger partial charge in [0.05, 0.1) is 17.6 Å². The minimum atomic E-state index is -0.346. The van der Waals surface area contributed by atoms with E-state index in [4.69, 9.17) is 4.98 Å². The Hall–Kier alpha value is -3.07. The largest absolute Gasteiger partial charge is 0.294 e. The Morgan fingerprint density at radius 1 is 0.792 bits per heavy atom. The number of carbonyl (C=O) groups excluding carboxylic acids is 1. The molecular weight excluding hydrogens is 301 g/mol. The number of halogens is 1. The zero-order chi connectivity index (χ0) is 16.5. The van der Waals surface area contributed by atoms with Crippen LogP contribution in [0.3, 0.4) is 0 Å². The van der Waals surface area contributed by atoms with Crippen molar-refractivity contribution in [1.82, 2.24) is 4.98 Å². The van der Waals surface area contributed by atoms with E-state index in [9.17, 15) is 9.18 Å². The zero-order valence-corrected chi connectivity index (χ0v) is 12.9. The molecule has 4 aromatic rings. The molecule has 0 spiro atoms. The molecule has 0 unspecified atom stereocenters. The maximum atomic E-state index is 13.0. The second kappa shape index (κ2) is 5.85. The van der Waals surface area contributed by atoms with Crippen molar-refractivity contribution < 1.29 is 9.18 Å². The zero-order valence-electron chi connectivity index (χ0n) is 12.9. The number of aromatic nitrogens is 1. The number of nitrogens with zero attached hydrogens (tertiary/aromatic N) is 1. The Morgan fingerprint density at radius 2 is 1.42 bits per heavy atom. The van der Waals surface area contributed by atoms with Crippen molar-refractivity contribution in [3.05, 3.63) is 89.9 Å². The van der Waals surface area contributed by atoms with Crippen molar-refractivity contribution in [1.29, 1.82) is 0 Å². The van der Waals surface area contributed by atoms with Crippen LogP contribution in [0.1, 0.15) is 16.1 Å². The average Bonchev–Trinajstić information content (AvgIpc) is 2.62. The second-order valence-corrected chi connectivity index (χ2v) is 5.73. The summed E-state index contributed by atoms with van der Waals surface area (Å²) < 4.78 is 13.0. The smallest absolute Gasteiger partial charge is 0.168 e. The highest BCUT2D eigenvalue weighted by atomic mass is 19.1. The molecule has 0 aliphatic heterocycles. The van der Waals surface area contributed by atoms with Gasteiger partial charge >= 0.3 is 0 Å². The maximum Gasteiger partial charge on any atom is 0.168 e. The predicted octanol–water partition coefficient (Wildman–Crippen LogP) is 4.95. The van der Waals surface area contributed by atoms with Gasteiger partial charge < -0.3 is 0 Å². The fourth-order valence-corrected chi connectivity index (χ4v) is 3.00. The highest BCUT2D eigenvalue weighted by molar-refractivity contribution is 6.08. The molecule has 24 heavy (non-hydrogen) atoms. The maximum absolute atomic E-state index is 13.0. The standard InChI is InChI=1S/C21H14FNO/c22-15-11-9-14(10-12-15)21(24)13-20-18-7-2-1-5-16(18)17-6-3-4-8-19(17)23-20/h1-12H,13H2. The molecule has 0 aliphatic carbocycles. The van der Waals surface area contributed by atoms with Crippen molar-refractivity contribution >= 4 is 27.5 Å². The first-order chi connectivity index (χ1) is 11.7. The first-order valence-electron chi connectivity index (χ1n) is 7.77. The molecule has 0 saturated carbocycles. The van der Waals surface area contributed by atoms with E-state index < -0.39 is 0 Å². The fraction of sp³-hybridized carbons (Fsp3) is 0.0476. The molecule has 3 heteroatoms.